The third-order valence-electron chi connectivity index (χ3n) is 2.84. The zero-order valence-corrected chi connectivity index (χ0v) is 10.2. The predicted octanol–water partition coefficient (Wildman–Crippen LogP) is 3.31. The van der Waals surface area contributed by atoms with Crippen LogP contribution in [-0.4, -0.2) is 12.6 Å². The van der Waals surface area contributed by atoms with Gasteiger partial charge in [0, 0.05) is 6.04 Å². The molecular weight excluding hydrogens is 190 g/mol. The monoisotopic (exact) mass is 211 g/mol. The van der Waals surface area contributed by atoms with Crippen molar-refractivity contribution in [3.05, 3.63) is 22.4 Å². The second-order valence-corrected chi connectivity index (χ2v) is 4.63. The Morgan fingerprint density at radius 3 is 2.71 bits per heavy atom. The minimum Gasteiger partial charge on any atom is -0.314 e. The lowest BCUT2D eigenvalue weighted by molar-refractivity contribution is 0.368. The van der Waals surface area contributed by atoms with E-state index < -0.39 is 0 Å². The Labute approximate surface area is 91.5 Å². The topological polar surface area (TPSA) is 12.0 Å². The molecule has 0 saturated heterocycles. The zero-order chi connectivity index (χ0) is 10.4. The zero-order valence-electron chi connectivity index (χ0n) is 9.42. The van der Waals surface area contributed by atoms with Crippen LogP contribution in [0.1, 0.15) is 32.8 Å². The minimum atomic E-state index is 0.630. The highest BCUT2D eigenvalue weighted by Crippen LogP contribution is 2.17. The maximum atomic E-state index is 3.51. The van der Waals surface area contributed by atoms with Gasteiger partial charge in [0.1, 0.15) is 0 Å². The minimum absolute atomic E-state index is 0.630. The van der Waals surface area contributed by atoms with Crippen LogP contribution in [0.2, 0.25) is 0 Å². The first kappa shape index (κ1) is 11.7. The first-order valence-corrected chi connectivity index (χ1v) is 6.46. The lowest BCUT2D eigenvalue weighted by atomic mass is 9.92. The fraction of sp³-hybridized carbons (Fsp3) is 0.667. The molecule has 2 atom stereocenters. The van der Waals surface area contributed by atoms with Crippen LogP contribution in [0.3, 0.4) is 0 Å². The number of hydrogen-bond acceptors (Lipinski definition) is 2. The van der Waals surface area contributed by atoms with Gasteiger partial charge in [-0.15, -0.1) is 0 Å². The van der Waals surface area contributed by atoms with Crippen molar-refractivity contribution in [2.45, 2.75) is 39.7 Å². The van der Waals surface area contributed by atoms with Gasteiger partial charge in [-0.3, -0.25) is 0 Å². The SMILES string of the molecule is CCNC(C)C(CC)Cc1ccsc1. The van der Waals surface area contributed by atoms with Crippen molar-refractivity contribution in [1.82, 2.24) is 5.32 Å². The number of hydrogen-bond donors (Lipinski definition) is 1. The molecule has 1 rings (SSSR count). The molecule has 0 amide bonds. The smallest absolute Gasteiger partial charge is 0.00699 e. The Bertz CT molecular complexity index is 230. The Morgan fingerprint density at radius 2 is 2.21 bits per heavy atom. The van der Waals surface area contributed by atoms with E-state index in [2.05, 4.69) is 42.9 Å². The first-order valence-electron chi connectivity index (χ1n) is 5.52. The summed E-state index contributed by atoms with van der Waals surface area (Å²) in [6.45, 7) is 7.82. The van der Waals surface area contributed by atoms with E-state index in [1.54, 1.807) is 11.3 Å². The van der Waals surface area contributed by atoms with E-state index in [4.69, 9.17) is 0 Å². The molecule has 0 aliphatic rings. The molecule has 0 bridgehead atoms. The summed E-state index contributed by atoms with van der Waals surface area (Å²) in [5.41, 5.74) is 1.49. The number of nitrogens with one attached hydrogen (secondary N) is 1. The number of rotatable bonds is 6. The molecule has 2 heteroatoms. The van der Waals surface area contributed by atoms with Crippen LogP contribution >= 0.6 is 11.3 Å². The Balaban J connectivity index is 2.46. The molecule has 1 aromatic rings. The van der Waals surface area contributed by atoms with Crippen LogP contribution in [0.25, 0.3) is 0 Å². The summed E-state index contributed by atoms with van der Waals surface area (Å²) in [5, 5.41) is 7.94. The Hall–Kier alpha value is -0.340. The highest BCUT2D eigenvalue weighted by Gasteiger charge is 2.14. The van der Waals surface area contributed by atoms with Gasteiger partial charge in [0.15, 0.2) is 0 Å². The molecule has 0 aromatic carbocycles. The standard InChI is InChI=1S/C12H21NS/c1-4-12(10(3)13-5-2)8-11-6-7-14-9-11/h6-7,9-10,12-13H,4-5,8H2,1-3H3. The summed E-state index contributed by atoms with van der Waals surface area (Å²) in [6, 6.07) is 2.87. The van der Waals surface area contributed by atoms with Crippen molar-refractivity contribution in [1.29, 1.82) is 0 Å². The molecule has 80 valence electrons. The second-order valence-electron chi connectivity index (χ2n) is 3.85. The molecule has 2 unspecified atom stereocenters. The van der Waals surface area contributed by atoms with Crippen LogP contribution in [0.4, 0.5) is 0 Å². The van der Waals surface area contributed by atoms with Crippen molar-refractivity contribution >= 4 is 11.3 Å². The summed E-state index contributed by atoms with van der Waals surface area (Å²) < 4.78 is 0. The number of thiophene rings is 1. The van der Waals surface area contributed by atoms with E-state index in [-0.39, 0.29) is 0 Å². The fourth-order valence-corrected chi connectivity index (χ4v) is 2.56. The van der Waals surface area contributed by atoms with Gasteiger partial charge in [-0.1, -0.05) is 20.3 Å². The van der Waals surface area contributed by atoms with Gasteiger partial charge in [-0.2, -0.15) is 11.3 Å². The van der Waals surface area contributed by atoms with E-state index >= 15 is 0 Å². The maximum absolute atomic E-state index is 3.51. The summed E-state index contributed by atoms with van der Waals surface area (Å²) in [5.74, 6) is 0.768. The quantitative estimate of drug-likeness (QED) is 0.761. The van der Waals surface area contributed by atoms with Crippen LogP contribution in [0.5, 0.6) is 0 Å². The van der Waals surface area contributed by atoms with Crippen molar-refractivity contribution in [3.63, 3.8) is 0 Å². The van der Waals surface area contributed by atoms with E-state index in [0.29, 0.717) is 6.04 Å². The molecular formula is C12H21NS. The van der Waals surface area contributed by atoms with Crippen molar-refractivity contribution in [2.75, 3.05) is 6.54 Å². The van der Waals surface area contributed by atoms with Crippen molar-refractivity contribution in [3.8, 4) is 0 Å². The van der Waals surface area contributed by atoms with Gasteiger partial charge >= 0.3 is 0 Å². The molecule has 1 N–H and O–H groups in total. The fourth-order valence-electron chi connectivity index (χ4n) is 1.87. The second kappa shape index (κ2) is 6.20. The molecule has 1 aromatic heterocycles. The highest BCUT2D eigenvalue weighted by atomic mass is 32.1. The molecule has 0 aliphatic carbocycles. The lowest BCUT2D eigenvalue weighted by Crippen LogP contribution is -2.34. The normalized spacial score (nSPS) is 15.4. The average molecular weight is 211 g/mol. The molecule has 0 saturated carbocycles. The summed E-state index contributed by atoms with van der Waals surface area (Å²) in [7, 11) is 0. The van der Waals surface area contributed by atoms with Crippen LogP contribution in [-0.2, 0) is 6.42 Å². The van der Waals surface area contributed by atoms with Crippen LogP contribution in [0.15, 0.2) is 16.8 Å². The molecule has 0 fully saturated rings. The third-order valence-corrected chi connectivity index (χ3v) is 3.57. The van der Waals surface area contributed by atoms with Gasteiger partial charge in [0.2, 0.25) is 0 Å². The maximum Gasteiger partial charge on any atom is 0.00699 e. The van der Waals surface area contributed by atoms with E-state index in [1.807, 2.05) is 0 Å². The summed E-state index contributed by atoms with van der Waals surface area (Å²) in [6.07, 6.45) is 2.47. The Kier molecular flexibility index (Phi) is 5.20. The first-order chi connectivity index (χ1) is 6.77. The molecule has 1 nitrogen and oxygen atoms in total. The van der Waals surface area contributed by atoms with Gasteiger partial charge in [-0.05, 0) is 48.2 Å². The highest BCUT2D eigenvalue weighted by molar-refractivity contribution is 7.07. The van der Waals surface area contributed by atoms with E-state index in [9.17, 15) is 0 Å². The van der Waals surface area contributed by atoms with Gasteiger partial charge in [0.25, 0.3) is 0 Å². The molecule has 0 aliphatic heterocycles. The third kappa shape index (κ3) is 3.43. The van der Waals surface area contributed by atoms with Crippen LogP contribution < -0.4 is 5.32 Å². The lowest BCUT2D eigenvalue weighted by Gasteiger charge is -2.23. The van der Waals surface area contributed by atoms with Gasteiger partial charge < -0.3 is 5.32 Å². The van der Waals surface area contributed by atoms with Crippen molar-refractivity contribution < 1.29 is 0 Å². The van der Waals surface area contributed by atoms with Gasteiger partial charge in [-0.25, -0.2) is 0 Å². The summed E-state index contributed by atoms with van der Waals surface area (Å²) in [4.78, 5) is 0. The van der Waals surface area contributed by atoms with Crippen molar-refractivity contribution in [2.24, 2.45) is 5.92 Å². The molecule has 1 heterocycles. The molecule has 0 spiro atoms. The van der Waals surface area contributed by atoms with E-state index in [0.717, 1.165) is 12.5 Å². The average Bonchev–Trinajstić information content (AvgIpc) is 2.66. The predicted molar refractivity (Wildman–Crippen MR) is 64.9 cm³/mol. The molecule has 0 radical (unpaired) electrons. The summed E-state index contributed by atoms with van der Waals surface area (Å²) >= 11 is 1.80. The largest absolute Gasteiger partial charge is 0.314 e. The van der Waals surface area contributed by atoms with Crippen LogP contribution in [0, 0.1) is 5.92 Å². The Morgan fingerprint density at radius 1 is 1.43 bits per heavy atom. The van der Waals surface area contributed by atoms with E-state index in [1.165, 1.54) is 18.4 Å². The van der Waals surface area contributed by atoms with Gasteiger partial charge in [0.05, 0.1) is 0 Å². The molecule has 14 heavy (non-hydrogen) atoms.